The third-order valence-corrected chi connectivity index (χ3v) is 5.73. The molecule has 3 heterocycles. The number of hydrogen-bond acceptors (Lipinski definition) is 3. The first-order chi connectivity index (χ1) is 13.3. The standard InChI is InChI=1S/C22H28N4O.ClH/c1-2-3-12-24-14-15-26(21-9-5-4-8-20(21)24)22(27)25-13-10-19(17-25)18-7-6-11-23-16-18;/h4-9,11,16,19H,2-3,10,12-15,17H2,1H3;1H. The molecular formula is C22H29ClN4O. The second kappa shape index (κ2) is 9.28. The molecule has 0 aliphatic carbocycles. The molecule has 4 rings (SSSR count). The largest absolute Gasteiger partial charge is 0.368 e. The molecule has 2 aliphatic heterocycles. The second-order valence-electron chi connectivity index (χ2n) is 7.48. The fourth-order valence-corrected chi connectivity index (χ4v) is 4.20. The van der Waals surface area contributed by atoms with Gasteiger partial charge < -0.3 is 9.80 Å². The normalized spacial score (nSPS) is 18.6. The number of rotatable bonds is 4. The maximum Gasteiger partial charge on any atom is 0.324 e. The summed E-state index contributed by atoms with van der Waals surface area (Å²) in [5.41, 5.74) is 3.47. The first kappa shape index (κ1) is 20.5. The highest BCUT2D eigenvalue weighted by Crippen LogP contribution is 2.35. The minimum absolute atomic E-state index is 0. The Morgan fingerprint density at radius 3 is 2.68 bits per heavy atom. The molecule has 0 saturated carbocycles. The number of likely N-dealkylation sites (tertiary alicyclic amines) is 1. The van der Waals surface area contributed by atoms with E-state index >= 15 is 0 Å². The summed E-state index contributed by atoms with van der Waals surface area (Å²) in [6.07, 6.45) is 7.11. The van der Waals surface area contributed by atoms with Gasteiger partial charge in [-0.1, -0.05) is 31.5 Å². The van der Waals surface area contributed by atoms with Gasteiger partial charge in [-0.25, -0.2) is 4.79 Å². The van der Waals surface area contributed by atoms with Crippen molar-refractivity contribution in [3.8, 4) is 0 Å². The van der Waals surface area contributed by atoms with Gasteiger partial charge in [0.25, 0.3) is 0 Å². The molecule has 2 aliphatic rings. The molecule has 2 aromatic rings. The van der Waals surface area contributed by atoms with Gasteiger partial charge in [-0.2, -0.15) is 0 Å². The summed E-state index contributed by atoms with van der Waals surface area (Å²) >= 11 is 0. The van der Waals surface area contributed by atoms with Gasteiger partial charge in [0.1, 0.15) is 0 Å². The molecule has 6 heteroatoms. The Morgan fingerprint density at radius 2 is 1.93 bits per heavy atom. The van der Waals surface area contributed by atoms with E-state index in [1.54, 1.807) is 6.20 Å². The summed E-state index contributed by atoms with van der Waals surface area (Å²) in [4.78, 5) is 23.9. The van der Waals surface area contributed by atoms with E-state index in [0.29, 0.717) is 5.92 Å². The van der Waals surface area contributed by atoms with Crippen LogP contribution in [0.5, 0.6) is 0 Å². The fraction of sp³-hybridized carbons (Fsp3) is 0.455. The van der Waals surface area contributed by atoms with Crippen molar-refractivity contribution in [2.45, 2.75) is 32.1 Å². The molecule has 1 fully saturated rings. The summed E-state index contributed by atoms with van der Waals surface area (Å²) in [6.45, 7) is 6.54. The number of anilines is 2. The van der Waals surface area contributed by atoms with Crippen molar-refractivity contribution < 1.29 is 4.79 Å². The van der Waals surface area contributed by atoms with E-state index in [1.807, 2.05) is 28.1 Å². The highest BCUT2D eigenvalue weighted by Gasteiger charge is 2.33. The van der Waals surface area contributed by atoms with Crippen molar-refractivity contribution in [2.24, 2.45) is 0 Å². The van der Waals surface area contributed by atoms with E-state index < -0.39 is 0 Å². The molecule has 1 atom stereocenters. The third kappa shape index (κ3) is 4.09. The van der Waals surface area contributed by atoms with Crippen LogP contribution in [0.2, 0.25) is 0 Å². The lowest BCUT2D eigenvalue weighted by Crippen LogP contribution is -2.49. The topological polar surface area (TPSA) is 39.7 Å². The number of pyridine rings is 1. The van der Waals surface area contributed by atoms with Crippen LogP contribution in [0, 0.1) is 0 Å². The van der Waals surface area contributed by atoms with E-state index in [1.165, 1.54) is 24.1 Å². The molecule has 0 radical (unpaired) electrons. The lowest BCUT2D eigenvalue weighted by Gasteiger charge is -2.39. The number of nitrogens with zero attached hydrogens (tertiary/aromatic N) is 4. The molecule has 1 unspecified atom stereocenters. The number of para-hydroxylation sites is 2. The van der Waals surface area contributed by atoms with Crippen LogP contribution in [0.4, 0.5) is 16.2 Å². The summed E-state index contributed by atoms with van der Waals surface area (Å²) in [5.74, 6) is 0.392. The third-order valence-electron chi connectivity index (χ3n) is 5.73. The van der Waals surface area contributed by atoms with E-state index in [2.05, 4.69) is 41.1 Å². The number of unbranched alkanes of at least 4 members (excludes halogenated alkanes) is 1. The Kier molecular flexibility index (Phi) is 6.79. The number of fused-ring (bicyclic) bond motifs is 1. The molecular weight excluding hydrogens is 372 g/mol. The van der Waals surface area contributed by atoms with Crippen molar-refractivity contribution in [3.63, 3.8) is 0 Å². The lowest BCUT2D eigenvalue weighted by molar-refractivity contribution is 0.214. The predicted molar refractivity (Wildman–Crippen MR) is 117 cm³/mol. The van der Waals surface area contributed by atoms with Crippen molar-refractivity contribution in [1.29, 1.82) is 0 Å². The van der Waals surface area contributed by atoms with Crippen LogP contribution in [0.25, 0.3) is 0 Å². The maximum absolute atomic E-state index is 13.3. The smallest absolute Gasteiger partial charge is 0.324 e. The minimum atomic E-state index is 0. The number of hydrogen-bond donors (Lipinski definition) is 0. The summed E-state index contributed by atoms with van der Waals surface area (Å²) < 4.78 is 0. The first-order valence-electron chi connectivity index (χ1n) is 10.1. The van der Waals surface area contributed by atoms with Crippen molar-refractivity contribution in [3.05, 3.63) is 54.4 Å². The van der Waals surface area contributed by atoms with Crippen LogP contribution in [-0.4, -0.2) is 48.6 Å². The monoisotopic (exact) mass is 400 g/mol. The van der Waals surface area contributed by atoms with Crippen molar-refractivity contribution in [2.75, 3.05) is 42.5 Å². The van der Waals surface area contributed by atoms with Crippen molar-refractivity contribution >= 4 is 29.8 Å². The highest BCUT2D eigenvalue weighted by atomic mass is 35.5. The molecule has 0 bridgehead atoms. The van der Waals surface area contributed by atoms with E-state index in [4.69, 9.17) is 0 Å². The van der Waals surface area contributed by atoms with Crippen LogP contribution in [0.1, 0.15) is 37.7 Å². The van der Waals surface area contributed by atoms with Gasteiger partial charge in [0, 0.05) is 51.0 Å². The van der Waals surface area contributed by atoms with Crippen LogP contribution in [-0.2, 0) is 0 Å². The Labute approximate surface area is 173 Å². The van der Waals surface area contributed by atoms with E-state index in [9.17, 15) is 4.79 Å². The average molecular weight is 401 g/mol. The quantitative estimate of drug-likeness (QED) is 0.756. The number of carbonyl (C=O) groups excluding carboxylic acids is 1. The number of halogens is 1. The second-order valence-corrected chi connectivity index (χ2v) is 7.48. The summed E-state index contributed by atoms with van der Waals surface area (Å²) in [7, 11) is 0. The minimum Gasteiger partial charge on any atom is -0.368 e. The molecule has 1 saturated heterocycles. The van der Waals surface area contributed by atoms with Gasteiger partial charge in [0.2, 0.25) is 0 Å². The van der Waals surface area contributed by atoms with Crippen LogP contribution in [0.15, 0.2) is 48.8 Å². The zero-order chi connectivity index (χ0) is 18.6. The fourth-order valence-electron chi connectivity index (χ4n) is 4.20. The summed E-state index contributed by atoms with van der Waals surface area (Å²) in [6, 6.07) is 12.6. The van der Waals surface area contributed by atoms with Crippen LogP contribution in [0.3, 0.4) is 0 Å². The first-order valence-corrected chi connectivity index (χ1v) is 10.1. The predicted octanol–water partition coefficient (Wildman–Crippen LogP) is 4.54. The van der Waals surface area contributed by atoms with Crippen LogP contribution < -0.4 is 9.80 Å². The molecule has 1 aromatic heterocycles. The average Bonchev–Trinajstić information content (AvgIpc) is 3.22. The number of urea groups is 1. The van der Waals surface area contributed by atoms with Gasteiger partial charge in [-0.15, -0.1) is 12.4 Å². The van der Waals surface area contributed by atoms with Crippen LogP contribution >= 0.6 is 12.4 Å². The molecule has 1 aromatic carbocycles. The number of aromatic nitrogens is 1. The zero-order valence-corrected chi connectivity index (χ0v) is 17.3. The molecule has 2 amide bonds. The Balaban J connectivity index is 0.00000225. The number of carbonyl (C=O) groups is 1. The van der Waals surface area contributed by atoms with E-state index in [0.717, 1.165) is 44.8 Å². The van der Waals surface area contributed by atoms with Gasteiger partial charge in [-0.05, 0) is 36.6 Å². The highest BCUT2D eigenvalue weighted by molar-refractivity contribution is 5.97. The molecule has 28 heavy (non-hydrogen) atoms. The Morgan fingerprint density at radius 1 is 1.11 bits per heavy atom. The Hall–Kier alpha value is -2.27. The molecule has 150 valence electrons. The zero-order valence-electron chi connectivity index (χ0n) is 16.5. The molecule has 0 spiro atoms. The van der Waals surface area contributed by atoms with E-state index in [-0.39, 0.29) is 18.4 Å². The maximum atomic E-state index is 13.3. The number of amides is 2. The molecule has 5 nitrogen and oxygen atoms in total. The van der Waals surface area contributed by atoms with Gasteiger partial charge in [0.05, 0.1) is 11.4 Å². The Bertz CT molecular complexity index is 785. The van der Waals surface area contributed by atoms with Crippen molar-refractivity contribution in [1.82, 2.24) is 9.88 Å². The van der Waals surface area contributed by atoms with Gasteiger partial charge in [-0.3, -0.25) is 9.88 Å². The SMILES string of the molecule is CCCCN1CCN(C(=O)N2CCC(c3cccnc3)C2)c2ccccc21.Cl. The lowest BCUT2D eigenvalue weighted by atomic mass is 10.0. The molecule has 0 N–H and O–H groups in total. The summed E-state index contributed by atoms with van der Waals surface area (Å²) in [5, 5.41) is 0. The van der Waals surface area contributed by atoms with Gasteiger partial charge in [0.15, 0.2) is 0 Å². The van der Waals surface area contributed by atoms with Gasteiger partial charge >= 0.3 is 6.03 Å². The number of benzene rings is 1.